The Balaban J connectivity index is 1.32. The third-order valence-corrected chi connectivity index (χ3v) is 6.27. The number of carbonyl (C=O) groups is 1. The Morgan fingerprint density at radius 3 is 2.60 bits per heavy atom. The van der Waals surface area contributed by atoms with E-state index in [4.69, 9.17) is 4.74 Å². The minimum Gasteiger partial charge on any atom is -0.487 e. The van der Waals surface area contributed by atoms with Crippen molar-refractivity contribution in [1.29, 1.82) is 0 Å². The van der Waals surface area contributed by atoms with E-state index in [9.17, 15) is 4.79 Å². The molecule has 6 heteroatoms. The Labute approximate surface area is 181 Å². The van der Waals surface area contributed by atoms with Crippen molar-refractivity contribution in [1.82, 2.24) is 14.8 Å². The predicted octanol–water partition coefficient (Wildman–Crippen LogP) is 4.30. The van der Waals surface area contributed by atoms with Gasteiger partial charge in [0.15, 0.2) is 0 Å². The summed E-state index contributed by atoms with van der Waals surface area (Å²) in [7, 11) is 0. The summed E-state index contributed by atoms with van der Waals surface area (Å²) in [4.78, 5) is 21.8. The van der Waals surface area contributed by atoms with Crippen LogP contribution in [0.15, 0.2) is 53.9 Å². The zero-order chi connectivity index (χ0) is 20.9. The number of thiazole rings is 1. The smallest absolute Gasteiger partial charge is 0.254 e. The van der Waals surface area contributed by atoms with E-state index in [-0.39, 0.29) is 5.91 Å². The summed E-state index contributed by atoms with van der Waals surface area (Å²) >= 11 is 1.61. The zero-order valence-corrected chi connectivity index (χ0v) is 18.3. The summed E-state index contributed by atoms with van der Waals surface area (Å²) in [6, 6.07) is 16.0. The van der Waals surface area contributed by atoms with E-state index in [0.29, 0.717) is 17.9 Å². The van der Waals surface area contributed by atoms with Gasteiger partial charge in [-0.05, 0) is 43.2 Å². The van der Waals surface area contributed by atoms with Crippen LogP contribution in [-0.4, -0.2) is 46.9 Å². The Kier molecular flexibility index (Phi) is 6.45. The molecule has 1 aromatic heterocycles. The lowest BCUT2D eigenvalue weighted by molar-refractivity contribution is 0.0627. The summed E-state index contributed by atoms with van der Waals surface area (Å²) in [5.41, 5.74) is 4.27. The number of aryl methyl sites for hydroxylation is 2. The van der Waals surface area contributed by atoms with Gasteiger partial charge < -0.3 is 9.64 Å². The van der Waals surface area contributed by atoms with Gasteiger partial charge in [0.2, 0.25) is 0 Å². The molecule has 0 N–H and O–H groups in total. The van der Waals surface area contributed by atoms with Crippen LogP contribution in [0.3, 0.4) is 0 Å². The summed E-state index contributed by atoms with van der Waals surface area (Å²) < 4.78 is 5.84. The van der Waals surface area contributed by atoms with E-state index < -0.39 is 0 Å². The molecular formula is C24H27N3O2S. The second kappa shape index (κ2) is 9.41. The number of rotatable bonds is 6. The van der Waals surface area contributed by atoms with Crippen LogP contribution in [0.2, 0.25) is 0 Å². The van der Waals surface area contributed by atoms with E-state index >= 15 is 0 Å². The highest BCUT2D eigenvalue weighted by molar-refractivity contribution is 7.09. The number of aromatic nitrogens is 1. The molecule has 1 aliphatic heterocycles. The molecule has 156 valence electrons. The molecule has 4 rings (SSSR count). The second-order valence-corrected chi connectivity index (χ2v) is 8.73. The van der Waals surface area contributed by atoms with Crippen molar-refractivity contribution in [2.75, 3.05) is 26.2 Å². The molecule has 0 atom stereocenters. The normalized spacial score (nSPS) is 14.7. The highest BCUT2D eigenvalue weighted by atomic mass is 32.1. The third kappa shape index (κ3) is 5.07. The van der Waals surface area contributed by atoms with Gasteiger partial charge in [0.1, 0.15) is 12.4 Å². The fourth-order valence-electron chi connectivity index (χ4n) is 3.67. The van der Waals surface area contributed by atoms with Crippen LogP contribution in [0.1, 0.15) is 32.2 Å². The third-order valence-electron chi connectivity index (χ3n) is 5.45. The molecule has 1 aliphatic rings. The first-order chi connectivity index (χ1) is 14.6. The number of benzene rings is 2. The molecule has 1 fully saturated rings. The molecule has 0 unspecified atom stereocenters. The molecule has 0 saturated carbocycles. The van der Waals surface area contributed by atoms with Crippen LogP contribution in [0.25, 0.3) is 0 Å². The number of hydrogen-bond acceptors (Lipinski definition) is 5. The summed E-state index contributed by atoms with van der Waals surface area (Å²) in [6.45, 7) is 8.75. The van der Waals surface area contributed by atoms with Crippen molar-refractivity contribution >= 4 is 17.2 Å². The number of amides is 1. The van der Waals surface area contributed by atoms with Gasteiger partial charge in [0.05, 0.1) is 10.7 Å². The van der Waals surface area contributed by atoms with E-state index in [1.54, 1.807) is 11.3 Å². The molecule has 30 heavy (non-hydrogen) atoms. The first kappa shape index (κ1) is 20.6. The number of piperazine rings is 1. The van der Waals surface area contributed by atoms with Gasteiger partial charge in [-0.3, -0.25) is 9.69 Å². The first-order valence-electron chi connectivity index (χ1n) is 10.3. The standard InChI is InChI=1S/C24H27N3O2S/c1-18-6-3-4-7-21(18)15-26-10-12-27(13-11-26)24(28)20-8-5-9-23(14-20)29-16-22-17-30-19(2)25-22/h3-9,14,17H,10-13,15-16H2,1-2H3. The molecule has 3 aromatic rings. The minimum absolute atomic E-state index is 0.0699. The van der Waals surface area contributed by atoms with E-state index in [2.05, 4.69) is 41.1 Å². The largest absolute Gasteiger partial charge is 0.487 e. The average Bonchev–Trinajstić information content (AvgIpc) is 3.19. The van der Waals surface area contributed by atoms with Crippen molar-refractivity contribution in [2.24, 2.45) is 0 Å². The lowest BCUT2D eigenvalue weighted by Crippen LogP contribution is -2.48. The van der Waals surface area contributed by atoms with Crippen LogP contribution in [0, 0.1) is 13.8 Å². The Hall–Kier alpha value is -2.70. The Bertz CT molecular complexity index is 1010. The maximum Gasteiger partial charge on any atom is 0.254 e. The van der Waals surface area contributed by atoms with Gasteiger partial charge in [-0.25, -0.2) is 4.98 Å². The van der Waals surface area contributed by atoms with Gasteiger partial charge in [-0.2, -0.15) is 0 Å². The highest BCUT2D eigenvalue weighted by Crippen LogP contribution is 2.19. The number of ether oxygens (including phenoxy) is 1. The number of hydrogen-bond donors (Lipinski definition) is 0. The molecule has 5 nitrogen and oxygen atoms in total. The maximum absolute atomic E-state index is 13.0. The Morgan fingerprint density at radius 1 is 1.07 bits per heavy atom. The Morgan fingerprint density at radius 2 is 1.87 bits per heavy atom. The van der Waals surface area contributed by atoms with Crippen LogP contribution in [0.4, 0.5) is 0 Å². The lowest BCUT2D eigenvalue weighted by Gasteiger charge is -2.35. The first-order valence-corrected chi connectivity index (χ1v) is 11.2. The fourth-order valence-corrected chi connectivity index (χ4v) is 4.27. The summed E-state index contributed by atoms with van der Waals surface area (Å²) in [5.74, 6) is 0.769. The predicted molar refractivity (Wildman–Crippen MR) is 120 cm³/mol. The molecule has 1 saturated heterocycles. The molecule has 2 heterocycles. The van der Waals surface area contributed by atoms with Crippen LogP contribution in [-0.2, 0) is 13.2 Å². The molecule has 0 aliphatic carbocycles. The number of carbonyl (C=O) groups excluding carboxylic acids is 1. The molecule has 0 bridgehead atoms. The fraction of sp³-hybridized carbons (Fsp3) is 0.333. The SMILES string of the molecule is Cc1nc(COc2cccc(C(=O)N3CCN(Cc4ccccc4C)CC3)c2)cs1. The molecule has 1 amide bonds. The lowest BCUT2D eigenvalue weighted by atomic mass is 10.1. The van der Waals surface area contributed by atoms with Gasteiger partial charge in [-0.15, -0.1) is 11.3 Å². The van der Waals surface area contributed by atoms with E-state index in [1.165, 1.54) is 11.1 Å². The maximum atomic E-state index is 13.0. The van der Waals surface area contributed by atoms with Crippen molar-refractivity contribution in [3.05, 3.63) is 81.3 Å². The van der Waals surface area contributed by atoms with Crippen molar-refractivity contribution < 1.29 is 9.53 Å². The summed E-state index contributed by atoms with van der Waals surface area (Å²) in [6.07, 6.45) is 0. The van der Waals surface area contributed by atoms with Crippen molar-refractivity contribution in [2.45, 2.75) is 27.0 Å². The molecule has 0 radical (unpaired) electrons. The average molecular weight is 422 g/mol. The van der Waals surface area contributed by atoms with Crippen LogP contribution >= 0.6 is 11.3 Å². The van der Waals surface area contributed by atoms with Gasteiger partial charge in [0.25, 0.3) is 5.91 Å². The van der Waals surface area contributed by atoms with Crippen molar-refractivity contribution in [3.8, 4) is 5.75 Å². The molecule has 0 spiro atoms. The minimum atomic E-state index is 0.0699. The number of nitrogens with zero attached hydrogens (tertiary/aromatic N) is 3. The topological polar surface area (TPSA) is 45.7 Å². The molecular weight excluding hydrogens is 394 g/mol. The quantitative estimate of drug-likeness (QED) is 0.595. The highest BCUT2D eigenvalue weighted by Gasteiger charge is 2.22. The second-order valence-electron chi connectivity index (χ2n) is 7.67. The van der Waals surface area contributed by atoms with Crippen LogP contribution < -0.4 is 4.74 Å². The summed E-state index contributed by atoms with van der Waals surface area (Å²) in [5, 5.41) is 3.03. The van der Waals surface area contributed by atoms with Gasteiger partial charge in [-0.1, -0.05) is 30.3 Å². The van der Waals surface area contributed by atoms with E-state index in [1.807, 2.05) is 41.5 Å². The van der Waals surface area contributed by atoms with Crippen molar-refractivity contribution in [3.63, 3.8) is 0 Å². The van der Waals surface area contributed by atoms with E-state index in [0.717, 1.165) is 43.4 Å². The van der Waals surface area contributed by atoms with Crippen LogP contribution in [0.5, 0.6) is 5.75 Å². The monoisotopic (exact) mass is 421 g/mol. The van der Waals surface area contributed by atoms with Gasteiger partial charge in [0, 0.05) is 43.7 Å². The zero-order valence-electron chi connectivity index (χ0n) is 17.5. The molecule has 2 aromatic carbocycles. The van der Waals surface area contributed by atoms with Gasteiger partial charge >= 0.3 is 0 Å².